The fraction of sp³-hybridized carbons (Fsp3) is 0.250. The first kappa shape index (κ1) is 11.2. The lowest BCUT2D eigenvalue weighted by atomic mass is 10.1. The number of halogens is 1. The number of hydrogen-bond donors (Lipinski definition) is 1. The Morgan fingerprint density at radius 3 is 2.94 bits per heavy atom. The van der Waals surface area contributed by atoms with Crippen LogP contribution >= 0.6 is 15.9 Å². The van der Waals surface area contributed by atoms with Crippen molar-refractivity contribution < 1.29 is 4.79 Å². The molecule has 0 fully saturated rings. The Bertz CT molecular complexity index is 506. The number of nitrogens with zero attached hydrogens (tertiary/aromatic N) is 1. The summed E-state index contributed by atoms with van der Waals surface area (Å²) in [5, 5.41) is 1.23. The molecule has 1 N–H and O–H groups in total. The van der Waals surface area contributed by atoms with Gasteiger partial charge in [0.05, 0.1) is 0 Å². The second kappa shape index (κ2) is 4.70. The van der Waals surface area contributed by atoms with E-state index in [9.17, 15) is 4.79 Å². The molecule has 1 heterocycles. The van der Waals surface area contributed by atoms with Crippen molar-refractivity contribution in [1.29, 1.82) is 0 Å². The maximum absolute atomic E-state index is 11.0. The monoisotopic (exact) mass is 280 g/mol. The van der Waals surface area contributed by atoms with Crippen LogP contribution in [0.2, 0.25) is 0 Å². The summed E-state index contributed by atoms with van der Waals surface area (Å²) in [5.41, 5.74) is 2.39. The maximum Gasteiger partial charge on any atom is 0.289 e. The van der Waals surface area contributed by atoms with Crippen LogP contribution in [0.25, 0.3) is 10.9 Å². The van der Waals surface area contributed by atoms with Crippen molar-refractivity contribution in [2.75, 3.05) is 13.6 Å². The highest BCUT2D eigenvalue weighted by Crippen LogP contribution is 2.18. The number of aromatic nitrogens is 1. The van der Waals surface area contributed by atoms with Gasteiger partial charge in [-0.15, -0.1) is 0 Å². The first-order valence-electron chi connectivity index (χ1n) is 5.14. The molecule has 1 amide bonds. The molecule has 0 saturated carbocycles. The molecular weight excluding hydrogens is 268 g/mol. The second-order valence-electron chi connectivity index (χ2n) is 3.78. The van der Waals surface area contributed by atoms with Crippen LogP contribution in [0.1, 0.15) is 5.56 Å². The molecule has 0 atom stereocenters. The predicted octanol–water partition coefficient (Wildman–Crippen LogP) is 3.16. The van der Waals surface area contributed by atoms with E-state index >= 15 is 0 Å². The van der Waals surface area contributed by atoms with Gasteiger partial charge in [-0.05, 0) is 18.1 Å². The lowest BCUT2D eigenvalue weighted by Gasteiger charge is -2.12. The van der Waals surface area contributed by atoms with E-state index in [1.54, 1.807) is 11.9 Å². The standard InChI is InChI=1S/C12H13BrN2O/c1-15(12(13)16)7-6-9-8-14-11-5-3-2-4-10(9)11/h2-5,8,14H,6-7H2,1H3. The van der Waals surface area contributed by atoms with Gasteiger partial charge in [-0.3, -0.25) is 4.79 Å². The van der Waals surface area contributed by atoms with Gasteiger partial charge < -0.3 is 9.88 Å². The first-order chi connectivity index (χ1) is 7.68. The molecule has 0 aliphatic carbocycles. The van der Waals surface area contributed by atoms with E-state index in [2.05, 4.69) is 33.0 Å². The number of aromatic amines is 1. The van der Waals surface area contributed by atoms with Gasteiger partial charge >= 0.3 is 0 Å². The van der Waals surface area contributed by atoms with Crippen LogP contribution in [0, 0.1) is 0 Å². The molecule has 84 valence electrons. The number of carbonyl (C=O) groups excluding carboxylic acids is 1. The van der Waals surface area contributed by atoms with Gasteiger partial charge in [0.25, 0.3) is 4.82 Å². The Balaban J connectivity index is 2.13. The van der Waals surface area contributed by atoms with Gasteiger partial charge in [-0.1, -0.05) is 18.2 Å². The molecule has 2 rings (SSSR count). The fourth-order valence-electron chi connectivity index (χ4n) is 1.71. The van der Waals surface area contributed by atoms with Gasteiger partial charge in [0.2, 0.25) is 0 Å². The van der Waals surface area contributed by atoms with E-state index in [1.165, 1.54) is 10.9 Å². The number of amides is 1. The number of para-hydroxylation sites is 1. The minimum Gasteiger partial charge on any atom is -0.361 e. The third kappa shape index (κ3) is 2.27. The molecule has 0 spiro atoms. The van der Waals surface area contributed by atoms with Crippen molar-refractivity contribution in [3.63, 3.8) is 0 Å². The Kier molecular flexibility index (Phi) is 3.29. The highest BCUT2D eigenvalue weighted by Gasteiger charge is 2.06. The second-order valence-corrected chi connectivity index (χ2v) is 4.46. The van der Waals surface area contributed by atoms with E-state index in [0.717, 1.165) is 11.9 Å². The summed E-state index contributed by atoms with van der Waals surface area (Å²) in [7, 11) is 1.78. The first-order valence-corrected chi connectivity index (χ1v) is 5.93. The van der Waals surface area contributed by atoms with E-state index in [-0.39, 0.29) is 4.82 Å². The largest absolute Gasteiger partial charge is 0.361 e. The quantitative estimate of drug-likeness (QED) is 0.681. The number of benzene rings is 1. The minimum atomic E-state index is -0.0765. The van der Waals surface area contributed by atoms with Crippen LogP contribution < -0.4 is 0 Å². The van der Waals surface area contributed by atoms with Gasteiger partial charge in [0.1, 0.15) is 0 Å². The van der Waals surface area contributed by atoms with Crippen LogP contribution in [-0.2, 0) is 6.42 Å². The van der Waals surface area contributed by atoms with Crippen LogP contribution in [0.15, 0.2) is 30.5 Å². The fourth-order valence-corrected chi connectivity index (χ4v) is 1.89. The minimum absolute atomic E-state index is 0.0765. The molecule has 0 saturated heterocycles. The van der Waals surface area contributed by atoms with E-state index in [0.29, 0.717) is 6.54 Å². The van der Waals surface area contributed by atoms with Crippen molar-refractivity contribution in [2.45, 2.75) is 6.42 Å². The van der Waals surface area contributed by atoms with E-state index in [1.807, 2.05) is 18.3 Å². The molecule has 0 aliphatic heterocycles. The number of carbonyl (C=O) groups is 1. The Morgan fingerprint density at radius 2 is 2.19 bits per heavy atom. The summed E-state index contributed by atoms with van der Waals surface area (Å²) in [4.78, 5) is 15.8. The van der Waals surface area contributed by atoms with Crippen molar-refractivity contribution in [2.24, 2.45) is 0 Å². The number of H-pyrrole nitrogens is 1. The summed E-state index contributed by atoms with van der Waals surface area (Å²) >= 11 is 2.93. The predicted molar refractivity (Wildman–Crippen MR) is 69.0 cm³/mol. The summed E-state index contributed by atoms with van der Waals surface area (Å²) < 4.78 is 0. The maximum atomic E-state index is 11.0. The third-order valence-electron chi connectivity index (χ3n) is 2.69. The van der Waals surface area contributed by atoms with Crippen molar-refractivity contribution in [3.05, 3.63) is 36.0 Å². The van der Waals surface area contributed by atoms with Gasteiger partial charge in [0.15, 0.2) is 0 Å². The average molecular weight is 281 g/mol. The van der Waals surface area contributed by atoms with Crippen LogP contribution in [0.4, 0.5) is 4.79 Å². The van der Waals surface area contributed by atoms with Crippen molar-refractivity contribution in [3.8, 4) is 0 Å². The lowest BCUT2D eigenvalue weighted by Crippen LogP contribution is -2.23. The molecule has 0 aliphatic rings. The van der Waals surface area contributed by atoms with Crippen LogP contribution in [0.5, 0.6) is 0 Å². The zero-order valence-corrected chi connectivity index (χ0v) is 10.6. The Hall–Kier alpha value is -1.29. The molecule has 2 aromatic rings. The number of likely N-dealkylation sites (N-methyl/N-ethyl adjacent to an activating group) is 1. The Morgan fingerprint density at radius 1 is 1.44 bits per heavy atom. The molecule has 1 aromatic heterocycles. The molecule has 1 aromatic carbocycles. The summed E-state index contributed by atoms with van der Waals surface area (Å²) in [6.07, 6.45) is 2.87. The van der Waals surface area contributed by atoms with E-state index < -0.39 is 0 Å². The number of rotatable bonds is 3. The van der Waals surface area contributed by atoms with Gasteiger partial charge in [-0.2, -0.15) is 0 Å². The molecule has 4 heteroatoms. The number of nitrogens with one attached hydrogen (secondary N) is 1. The molecule has 0 radical (unpaired) electrons. The van der Waals surface area contributed by atoms with Gasteiger partial charge in [-0.25, -0.2) is 0 Å². The average Bonchev–Trinajstić information content (AvgIpc) is 2.69. The van der Waals surface area contributed by atoms with E-state index in [4.69, 9.17) is 0 Å². The number of hydrogen-bond acceptors (Lipinski definition) is 1. The molecule has 0 bridgehead atoms. The van der Waals surface area contributed by atoms with Crippen LogP contribution in [0.3, 0.4) is 0 Å². The highest BCUT2D eigenvalue weighted by atomic mass is 79.9. The SMILES string of the molecule is CN(CCc1c[nH]c2ccccc12)C(=O)Br. The smallest absolute Gasteiger partial charge is 0.289 e. The zero-order chi connectivity index (χ0) is 11.5. The molecular formula is C12H13BrN2O. The Labute approximate surface area is 103 Å². The summed E-state index contributed by atoms with van der Waals surface area (Å²) in [6.45, 7) is 0.714. The summed E-state index contributed by atoms with van der Waals surface area (Å²) in [6, 6.07) is 8.19. The third-order valence-corrected chi connectivity index (χ3v) is 3.30. The molecule has 0 unspecified atom stereocenters. The number of fused-ring (bicyclic) bond motifs is 1. The van der Waals surface area contributed by atoms with Crippen LogP contribution in [-0.4, -0.2) is 28.3 Å². The topological polar surface area (TPSA) is 36.1 Å². The van der Waals surface area contributed by atoms with Gasteiger partial charge in [0, 0.05) is 46.6 Å². The summed E-state index contributed by atoms with van der Waals surface area (Å²) in [5.74, 6) is 0. The van der Waals surface area contributed by atoms with Crippen molar-refractivity contribution in [1.82, 2.24) is 9.88 Å². The zero-order valence-electron chi connectivity index (χ0n) is 9.03. The molecule has 3 nitrogen and oxygen atoms in total. The molecule has 16 heavy (non-hydrogen) atoms. The lowest BCUT2D eigenvalue weighted by molar-refractivity contribution is 0.235. The van der Waals surface area contributed by atoms with Crippen molar-refractivity contribution >= 4 is 31.6 Å². The normalized spacial score (nSPS) is 10.6. The highest BCUT2D eigenvalue weighted by molar-refractivity contribution is 9.18.